The first-order valence-electron chi connectivity index (χ1n) is 8.17. The molecule has 0 saturated carbocycles. The Bertz CT molecular complexity index is 409. The summed E-state index contributed by atoms with van der Waals surface area (Å²) in [5.41, 5.74) is 7.87. The van der Waals surface area contributed by atoms with Gasteiger partial charge in [0.2, 0.25) is 0 Å². The van der Waals surface area contributed by atoms with Crippen molar-refractivity contribution >= 4 is 11.7 Å². The van der Waals surface area contributed by atoms with E-state index in [1.54, 1.807) is 6.07 Å². The number of unbranched alkanes of at least 4 members (excludes halogenated alkanes) is 7. The first kappa shape index (κ1) is 17.5. The average molecular weight is 291 g/mol. The molecule has 0 amide bonds. The SMILES string of the molecule is CCCCCCCCCCOC(=O)c1cc(C)cc(N)c1. The molecule has 0 aliphatic rings. The highest BCUT2D eigenvalue weighted by atomic mass is 16.5. The number of nitrogens with two attached hydrogens (primary N) is 1. The average Bonchev–Trinajstić information content (AvgIpc) is 2.44. The number of rotatable bonds is 10. The maximum Gasteiger partial charge on any atom is 0.338 e. The van der Waals surface area contributed by atoms with E-state index in [0.717, 1.165) is 18.4 Å². The zero-order chi connectivity index (χ0) is 15.5. The van der Waals surface area contributed by atoms with Gasteiger partial charge in [-0.05, 0) is 37.1 Å². The van der Waals surface area contributed by atoms with Crippen LogP contribution in [0, 0.1) is 6.92 Å². The minimum Gasteiger partial charge on any atom is -0.462 e. The standard InChI is InChI=1S/C18H29NO2/c1-3-4-5-6-7-8-9-10-11-21-18(20)16-12-15(2)13-17(19)14-16/h12-14H,3-11,19H2,1-2H3. The highest BCUT2D eigenvalue weighted by Gasteiger charge is 2.08. The number of nitrogen functional groups attached to an aromatic ring is 1. The van der Waals surface area contributed by atoms with Gasteiger partial charge in [-0.25, -0.2) is 4.79 Å². The van der Waals surface area contributed by atoms with E-state index in [9.17, 15) is 4.79 Å². The van der Waals surface area contributed by atoms with Crippen molar-refractivity contribution in [3.63, 3.8) is 0 Å². The maximum atomic E-state index is 11.9. The third-order valence-corrected chi connectivity index (χ3v) is 3.57. The zero-order valence-electron chi connectivity index (χ0n) is 13.5. The number of benzene rings is 1. The molecule has 0 saturated heterocycles. The molecule has 118 valence electrons. The summed E-state index contributed by atoms with van der Waals surface area (Å²) in [5.74, 6) is -0.270. The van der Waals surface area contributed by atoms with E-state index in [0.29, 0.717) is 17.9 Å². The Hall–Kier alpha value is -1.51. The number of ether oxygens (including phenoxy) is 1. The molecule has 0 atom stereocenters. The Morgan fingerprint density at radius 1 is 1.00 bits per heavy atom. The van der Waals surface area contributed by atoms with Gasteiger partial charge in [-0.15, -0.1) is 0 Å². The Morgan fingerprint density at radius 2 is 1.62 bits per heavy atom. The summed E-state index contributed by atoms with van der Waals surface area (Å²) in [6.45, 7) is 4.66. The molecule has 0 radical (unpaired) electrons. The second kappa shape index (κ2) is 10.3. The molecule has 2 N–H and O–H groups in total. The normalized spacial score (nSPS) is 10.6. The van der Waals surface area contributed by atoms with E-state index in [-0.39, 0.29) is 5.97 Å². The van der Waals surface area contributed by atoms with E-state index in [1.165, 1.54) is 38.5 Å². The molecule has 0 unspecified atom stereocenters. The van der Waals surface area contributed by atoms with Gasteiger partial charge >= 0.3 is 5.97 Å². The van der Waals surface area contributed by atoms with Crippen LogP contribution in [0.15, 0.2) is 18.2 Å². The Kier molecular flexibility index (Phi) is 8.56. The highest BCUT2D eigenvalue weighted by Crippen LogP contribution is 2.13. The summed E-state index contributed by atoms with van der Waals surface area (Å²) in [4.78, 5) is 11.9. The molecule has 0 aromatic heterocycles. The van der Waals surface area contributed by atoms with Crippen LogP contribution in [0.5, 0.6) is 0 Å². The summed E-state index contributed by atoms with van der Waals surface area (Å²) in [6.07, 6.45) is 9.92. The van der Waals surface area contributed by atoms with E-state index < -0.39 is 0 Å². The van der Waals surface area contributed by atoms with Crippen molar-refractivity contribution < 1.29 is 9.53 Å². The number of anilines is 1. The van der Waals surface area contributed by atoms with Crippen LogP contribution in [-0.2, 0) is 4.74 Å². The predicted octanol–water partition coefficient (Wildman–Crippen LogP) is 4.87. The first-order chi connectivity index (χ1) is 10.1. The van der Waals surface area contributed by atoms with Crippen molar-refractivity contribution in [2.75, 3.05) is 12.3 Å². The number of aryl methyl sites for hydroxylation is 1. The van der Waals surface area contributed by atoms with Gasteiger partial charge in [0.15, 0.2) is 0 Å². The molecule has 1 rings (SSSR count). The molecule has 0 fully saturated rings. The maximum absolute atomic E-state index is 11.9. The van der Waals surface area contributed by atoms with Gasteiger partial charge in [-0.1, -0.05) is 51.9 Å². The van der Waals surface area contributed by atoms with Gasteiger partial charge in [0, 0.05) is 5.69 Å². The fourth-order valence-electron chi connectivity index (χ4n) is 2.41. The number of hydrogen-bond donors (Lipinski definition) is 1. The van der Waals surface area contributed by atoms with Crippen molar-refractivity contribution in [3.05, 3.63) is 29.3 Å². The molecule has 0 heterocycles. The quantitative estimate of drug-likeness (QED) is 0.380. The fourth-order valence-corrected chi connectivity index (χ4v) is 2.41. The second-order valence-electron chi connectivity index (χ2n) is 5.74. The van der Waals surface area contributed by atoms with Gasteiger partial charge in [0.05, 0.1) is 12.2 Å². The summed E-state index contributed by atoms with van der Waals surface area (Å²) < 4.78 is 5.29. The monoisotopic (exact) mass is 291 g/mol. The van der Waals surface area contributed by atoms with Crippen molar-refractivity contribution in [2.24, 2.45) is 0 Å². The van der Waals surface area contributed by atoms with E-state index >= 15 is 0 Å². The van der Waals surface area contributed by atoms with Gasteiger partial charge in [0.1, 0.15) is 0 Å². The van der Waals surface area contributed by atoms with Crippen LogP contribution in [0.1, 0.15) is 74.2 Å². The van der Waals surface area contributed by atoms with Gasteiger partial charge in [-0.3, -0.25) is 0 Å². The van der Waals surface area contributed by atoms with E-state index in [2.05, 4.69) is 6.92 Å². The topological polar surface area (TPSA) is 52.3 Å². The molecule has 0 spiro atoms. The second-order valence-corrected chi connectivity index (χ2v) is 5.74. The molecule has 0 aliphatic carbocycles. The highest BCUT2D eigenvalue weighted by molar-refractivity contribution is 5.90. The minimum atomic E-state index is -0.270. The molecule has 1 aromatic rings. The zero-order valence-corrected chi connectivity index (χ0v) is 13.5. The number of carbonyl (C=O) groups excluding carboxylic acids is 1. The summed E-state index contributed by atoms with van der Waals surface area (Å²) in [6, 6.07) is 5.32. The lowest BCUT2D eigenvalue weighted by atomic mass is 10.1. The minimum absolute atomic E-state index is 0.270. The fraction of sp³-hybridized carbons (Fsp3) is 0.611. The van der Waals surface area contributed by atoms with Crippen LogP contribution in [0.4, 0.5) is 5.69 Å². The van der Waals surface area contributed by atoms with Crippen molar-refractivity contribution in [3.8, 4) is 0 Å². The predicted molar refractivity (Wildman–Crippen MR) is 88.5 cm³/mol. The Morgan fingerprint density at radius 3 is 2.24 bits per heavy atom. The molecule has 1 aromatic carbocycles. The van der Waals surface area contributed by atoms with Crippen LogP contribution in [0.2, 0.25) is 0 Å². The smallest absolute Gasteiger partial charge is 0.338 e. The Balaban J connectivity index is 2.11. The van der Waals surface area contributed by atoms with Gasteiger partial charge < -0.3 is 10.5 Å². The van der Waals surface area contributed by atoms with E-state index in [1.807, 2.05) is 19.1 Å². The lowest BCUT2D eigenvalue weighted by Crippen LogP contribution is -2.07. The van der Waals surface area contributed by atoms with Crippen molar-refractivity contribution in [1.29, 1.82) is 0 Å². The molecule has 0 aliphatic heterocycles. The molecule has 0 bridgehead atoms. The summed E-state index contributed by atoms with van der Waals surface area (Å²) in [5, 5.41) is 0. The van der Waals surface area contributed by atoms with E-state index in [4.69, 9.17) is 10.5 Å². The first-order valence-corrected chi connectivity index (χ1v) is 8.17. The van der Waals surface area contributed by atoms with Crippen LogP contribution in [0.25, 0.3) is 0 Å². The molecule has 3 nitrogen and oxygen atoms in total. The number of hydrogen-bond acceptors (Lipinski definition) is 3. The number of carbonyl (C=O) groups is 1. The third kappa shape index (κ3) is 7.74. The molecular formula is C18H29NO2. The van der Waals surface area contributed by atoms with Crippen molar-refractivity contribution in [2.45, 2.75) is 65.2 Å². The Labute approximate surface area is 128 Å². The number of esters is 1. The van der Waals surface area contributed by atoms with Crippen molar-refractivity contribution in [1.82, 2.24) is 0 Å². The molecule has 3 heteroatoms. The third-order valence-electron chi connectivity index (χ3n) is 3.57. The molecular weight excluding hydrogens is 262 g/mol. The molecule has 21 heavy (non-hydrogen) atoms. The van der Waals surface area contributed by atoms with Crippen LogP contribution >= 0.6 is 0 Å². The largest absolute Gasteiger partial charge is 0.462 e. The van der Waals surface area contributed by atoms with Crippen LogP contribution in [0.3, 0.4) is 0 Å². The van der Waals surface area contributed by atoms with Gasteiger partial charge in [0.25, 0.3) is 0 Å². The lowest BCUT2D eigenvalue weighted by molar-refractivity contribution is 0.0497. The van der Waals surface area contributed by atoms with Crippen LogP contribution < -0.4 is 5.73 Å². The summed E-state index contributed by atoms with van der Waals surface area (Å²) in [7, 11) is 0. The lowest BCUT2D eigenvalue weighted by Gasteiger charge is -2.06. The van der Waals surface area contributed by atoms with Crippen LogP contribution in [-0.4, -0.2) is 12.6 Å². The van der Waals surface area contributed by atoms with Gasteiger partial charge in [-0.2, -0.15) is 0 Å². The summed E-state index contributed by atoms with van der Waals surface area (Å²) >= 11 is 0.